The Morgan fingerprint density at radius 1 is 0.941 bits per heavy atom. The summed E-state index contributed by atoms with van der Waals surface area (Å²) in [5, 5.41) is 0. The normalized spacial score (nSPS) is 10.5. The molecule has 0 bridgehead atoms. The van der Waals surface area contributed by atoms with Crippen molar-refractivity contribution < 1.29 is 0 Å². The lowest BCUT2D eigenvalue weighted by atomic mass is 9.96. The van der Waals surface area contributed by atoms with Gasteiger partial charge in [0.1, 0.15) is 0 Å². The van der Waals surface area contributed by atoms with Crippen LogP contribution in [0.2, 0.25) is 0 Å². The molecule has 0 spiro atoms. The molecule has 0 aromatic heterocycles. The van der Waals surface area contributed by atoms with E-state index < -0.39 is 0 Å². The molecule has 0 atom stereocenters. The van der Waals surface area contributed by atoms with Gasteiger partial charge in [0.25, 0.3) is 0 Å². The molecule has 2 rings (SSSR count). The van der Waals surface area contributed by atoms with Gasteiger partial charge in [-0.2, -0.15) is 0 Å². The van der Waals surface area contributed by atoms with Crippen LogP contribution in [-0.4, -0.2) is 0 Å². The Morgan fingerprint density at radius 3 is 2.35 bits per heavy atom. The zero-order valence-corrected chi connectivity index (χ0v) is 11.7. The maximum Gasteiger partial charge on any atom is 0.0346 e. The first-order valence-corrected chi connectivity index (χ1v) is 6.47. The van der Waals surface area contributed by atoms with E-state index in [1.54, 1.807) is 0 Å². The molecule has 2 heteroatoms. The fraction of sp³-hybridized carbons (Fsp3) is 0.200. The Morgan fingerprint density at radius 2 is 1.65 bits per heavy atom. The molecule has 0 saturated heterocycles. The van der Waals surface area contributed by atoms with Gasteiger partial charge in [0.15, 0.2) is 0 Å². The van der Waals surface area contributed by atoms with Gasteiger partial charge in [-0.25, -0.2) is 0 Å². The summed E-state index contributed by atoms with van der Waals surface area (Å²) in [5.74, 6) is 0. The Bertz CT molecular complexity index is 547. The minimum atomic E-state index is 0.873. The minimum absolute atomic E-state index is 0.873. The van der Waals surface area contributed by atoms with Crippen LogP contribution in [0, 0.1) is 13.8 Å². The Hall–Kier alpha value is -1.28. The fourth-order valence-electron chi connectivity index (χ4n) is 1.94. The third kappa shape index (κ3) is 2.52. The SMILES string of the molecule is Cc1c(N)ccc(Cc2ccccc2Br)c1C. The standard InChI is InChI=1S/C15H16BrN/c1-10-11(2)15(17)8-7-12(10)9-13-5-3-4-6-14(13)16/h3-8H,9,17H2,1-2H3. The van der Waals surface area contributed by atoms with Crippen molar-refractivity contribution in [2.75, 3.05) is 5.73 Å². The van der Waals surface area contributed by atoms with Crippen LogP contribution in [0.4, 0.5) is 5.69 Å². The van der Waals surface area contributed by atoms with Crippen LogP contribution in [0.3, 0.4) is 0 Å². The van der Waals surface area contributed by atoms with Crippen LogP contribution >= 0.6 is 15.9 Å². The van der Waals surface area contributed by atoms with Crippen molar-refractivity contribution >= 4 is 21.6 Å². The summed E-state index contributed by atoms with van der Waals surface area (Å²) in [4.78, 5) is 0. The Kier molecular flexibility index (Phi) is 3.53. The molecule has 0 aliphatic heterocycles. The van der Waals surface area contributed by atoms with Gasteiger partial charge >= 0.3 is 0 Å². The summed E-state index contributed by atoms with van der Waals surface area (Å²) < 4.78 is 1.16. The van der Waals surface area contributed by atoms with Crippen LogP contribution in [0.15, 0.2) is 40.9 Å². The summed E-state index contributed by atoms with van der Waals surface area (Å²) in [6.45, 7) is 4.21. The minimum Gasteiger partial charge on any atom is -0.399 e. The number of anilines is 1. The number of hydrogen-bond donors (Lipinski definition) is 1. The van der Waals surface area contributed by atoms with Gasteiger partial charge in [-0.3, -0.25) is 0 Å². The highest BCUT2D eigenvalue weighted by Crippen LogP contribution is 2.24. The number of nitrogens with two attached hydrogens (primary N) is 1. The first kappa shape index (κ1) is 12.2. The number of halogens is 1. The quantitative estimate of drug-likeness (QED) is 0.823. The predicted octanol–water partition coefficient (Wildman–Crippen LogP) is 4.24. The number of nitrogen functional groups attached to an aromatic ring is 1. The lowest BCUT2D eigenvalue weighted by Gasteiger charge is -2.12. The molecule has 1 nitrogen and oxygen atoms in total. The van der Waals surface area contributed by atoms with Gasteiger partial charge in [0.2, 0.25) is 0 Å². The lowest BCUT2D eigenvalue weighted by molar-refractivity contribution is 1.13. The van der Waals surface area contributed by atoms with E-state index in [0.717, 1.165) is 16.6 Å². The monoisotopic (exact) mass is 289 g/mol. The molecule has 2 aromatic rings. The number of hydrogen-bond acceptors (Lipinski definition) is 1. The topological polar surface area (TPSA) is 26.0 Å². The van der Waals surface area contributed by atoms with Crippen molar-refractivity contribution in [3.05, 3.63) is 63.1 Å². The smallest absolute Gasteiger partial charge is 0.0346 e. The fourth-order valence-corrected chi connectivity index (χ4v) is 2.36. The van der Waals surface area contributed by atoms with Crippen molar-refractivity contribution in [2.24, 2.45) is 0 Å². The third-order valence-electron chi connectivity index (χ3n) is 3.28. The highest BCUT2D eigenvalue weighted by molar-refractivity contribution is 9.10. The molecule has 0 aliphatic rings. The van der Waals surface area contributed by atoms with E-state index in [0.29, 0.717) is 0 Å². The second kappa shape index (κ2) is 4.92. The molecular formula is C15H16BrN. The summed E-state index contributed by atoms with van der Waals surface area (Å²) in [6, 6.07) is 12.4. The van der Waals surface area contributed by atoms with Crippen LogP contribution in [-0.2, 0) is 6.42 Å². The van der Waals surface area contributed by atoms with E-state index in [2.05, 4.69) is 54.0 Å². The largest absolute Gasteiger partial charge is 0.399 e. The first-order chi connectivity index (χ1) is 8.09. The Balaban J connectivity index is 2.38. The van der Waals surface area contributed by atoms with Crippen molar-refractivity contribution in [1.29, 1.82) is 0 Å². The number of benzene rings is 2. The van der Waals surface area contributed by atoms with Gasteiger partial charge < -0.3 is 5.73 Å². The van der Waals surface area contributed by atoms with Crippen LogP contribution < -0.4 is 5.73 Å². The molecule has 0 aliphatic carbocycles. The molecule has 0 heterocycles. The zero-order valence-electron chi connectivity index (χ0n) is 10.1. The molecule has 88 valence electrons. The lowest BCUT2D eigenvalue weighted by Crippen LogP contribution is -1.98. The summed E-state index contributed by atoms with van der Waals surface area (Å²) in [7, 11) is 0. The highest BCUT2D eigenvalue weighted by Gasteiger charge is 2.06. The van der Waals surface area contributed by atoms with Crippen LogP contribution in [0.1, 0.15) is 22.3 Å². The van der Waals surface area contributed by atoms with E-state index in [9.17, 15) is 0 Å². The maximum atomic E-state index is 5.90. The highest BCUT2D eigenvalue weighted by atomic mass is 79.9. The van der Waals surface area contributed by atoms with Crippen molar-refractivity contribution in [1.82, 2.24) is 0 Å². The maximum absolute atomic E-state index is 5.90. The average molecular weight is 290 g/mol. The van der Waals surface area contributed by atoms with E-state index in [1.807, 2.05) is 12.1 Å². The Labute approximate surface area is 111 Å². The molecule has 0 unspecified atom stereocenters. The van der Waals surface area contributed by atoms with Gasteiger partial charge in [-0.15, -0.1) is 0 Å². The molecule has 0 radical (unpaired) electrons. The van der Waals surface area contributed by atoms with Crippen molar-refractivity contribution in [3.63, 3.8) is 0 Å². The average Bonchev–Trinajstić information content (AvgIpc) is 2.32. The molecular weight excluding hydrogens is 274 g/mol. The van der Waals surface area contributed by atoms with Crippen molar-refractivity contribution in [3.8, 4) is 0 Å². The van der Waals surface area contributed by atoms with E-state index >= 15 is 0 Å². The molecule has 2 aromatic carbocycles. The van der Waals surface area contributed by atoms with Gasteiger partial charge in [-0.1, -0.05) is 40.2 Å². The summed E-state index contributed by atoms with van der Waals surface area (Å²) in [5.41, 5.74) is 11.9. The predicted molar refractivity (Wildman–Crippen MR) is 77.3 cm³/mol. The molecule has 0 saturated carbocycles. The third-order valence-corrected chi connectivity index (χ3v) is 4.05. The van der Waals surface area contributed by atoms with Gasteiger partial charge in [0.05, 0.1) is 0 Å². The van der Waals surface area contributed by atoms with Crippen molar-refractivity contribution in [2.45, 2.75) is 20.3 Å². The number of rotatable bonds is 2. The zero-order chi connectivity index (χ0) is 12.4. The molecule has 2 N–H and O–H groups in total. The van der Waals surface area contributed by atoms with E-state index in [1.165, 1.54) is 22.3 Å². The van der Waals surface area contributed by atoms with E-state index in [4.69, 9.17) is 5.73 Å². The van der Waals surface area contributed by atoms with Gasteiger partial charge in [-0.05, 0) is 54.7 Å². The molecule has 0 fully saturated rings. The molecule has 0 amide bonds. The van der Waals surface area contributed by atoms with Crippen LogP contribution in [0.5, 0.6) is 0 Å². The van der Waals surface area contributed by atoms with Gasteiger partial charge in [0, 0.05) is 10.2 Å². The van der Waals surface area contributed by atoms with Crippen LogP contribution in [0.25, 0.3) is 0 Å². The first-order valence-electron chi connectivity index (χ1n) is 5.67. The summed E-state index contributed by atoms with van der Waals surface area (Å²) >= 11 is 3.59. The second-order valence-corrected chi connectivity index (χ2v) is 5.19. The van der Waals surface area contributed by atoms with E-state index in [-0.39, 0.29) is 0 Å². The second-order valence-electron chi connectivity index (χ2n) is 4.33. The molecule has 17 heavy (non-hydrogen) atoms. The summed E-state index contributed by atoms with van der Waals surface area (Å²) in [6.07, 6.45) is 0.939.